The Kier molecular flexibility index (Phi) is 3.85. The summed E-state index contributed by atoms with van der Waals surface area (Å²) in [6.07, 6.45) is 7.46. The topological polar surface area (TPSA) is 28.2 Å². The van der Waals surface area contributed by atoms with Crippen LogP contribution in [0.5, 0.6) is 0 Å². The number of hydrogen-bond acceptors (Lipinski definition) is 3. The van der Waals surface area contributed by atoms with Crippen molar-refractivity contribution in [2.24, 2.45) is 0 Å². The molecule has 0 spiro atoms. The maximum Gasteiger partial charge on any atom is 0.0372 e. The fraction of sp³-hybridized carbons (Fsp3) is 0.688. The molecule has 2 heterocycles. The Balaban J connectivity index is 1.51. The molecule has 0 atom stereocenters. The summed E-state index contributed by atoms with van der Waals surface area (Å²) in [5.41, 5.74) is 2.57. The van der Waals surface area contributed by atoms with E-state index in [9.17, 15) is 0 Å². The monoisotopic (exact) mass is 259 g/mol. The number of pyridine rings is 1. The fourth-order valence-corrected chi connectivity index (χ4v) is 3.49. The van der Waals surface area contributed by atoms with Gasteiger partial charge >= 0.3 is 0 Å². The highest BCUT2D eigenvalue weighted by Gasteiger charge is 2.33. The molecule has 19 heavy (non-hydrogen) atoms. The first-order chi connectivity index (χ1) is 9.26. The van der Waals surface area contributed by atoms with Crippen LogP contribution in [0.25, 0.3) is 0 Å². The average Bonchev–Trinajstić information content (AvgIpc) is 2.39. The predicted octanol–water partition coefficient (Wildman–Crippen LogP) is 2.32. The van der Waals surface area contributed by atoms with Crippen molar-refractivity contribution in [2.45, 2.75) is 50.6 Å². The summed E-state index contributed by atoms with van der Waals surface area (Å²) in [7, 11) is 2.07. The first-order valence-electron chi connectivity index (χ1n) is 7.60. The number of rotatable bonds is 3. The van der Waals surface area contributed by atoms with E-state index in [1.54, 1.807) is 0 Å². The Hall–Kier alpha value is -0.930. The van der Waals surface area contributed by atoms with Crippen LogP contribution in [0.2, 0.25) is 0 Å². The Labute approximate surface area is 116 Å². The molecule has 3 rings (SSSR count). The molecule has 1 saturated carbocycles. The van der Waals surface area contributed by atoms with Gasteiger partial charge in [-0.15, -0.1) is 0 Å². The van der Waals surface area contributed by atoms with Crippen LogP contribution in [0.4, 0.5) is 0 Å². The number of aromatic nitrogens is 1. The second-order valence-electron chi connectivity index (χ2n) is 6.18. The van der Waals surface area contributed by atoms with Crippen molar-refractivity contribution in [1.82, 2.24) is 15.2 Å². The van der Waals surface area contributed by atoms with Gasteiger partial charge in [-0.3, -0.25) is 9.88 Å². The molecule has 2 fully saturated rings. The van der Waals surface area contributed by atoms with Gasteiger partial charge in [-0.25, -0.2) is 0 Å². The van der Waals surface area contributed by atoms with Gasteiger partial charge in [0.1, 0.15) is 0 Å². The minimum atomic E-state index is 0.735. The van der Waals surface area contributed by atoms with E-state index in [1.165, 1.54) is 44.3 Å². The maximum atomic E-state index is 4.44. The lowest BCUT2D eigenvalue weighted by molar-refractivity contribution is 0.0562. The SMILES string of the molecule is CNC1CN(C2CCC(c3ccc(C)nc3)CC2)C1. The summed E-state index contributed by atoms with van der Waals surface area (Å²) in [6.45, 7) is 4.55. The Morgan fingerprint density at radius 3 is 2.47 bits per heavy atom. The summed E-state index contributed by atoms with van der Waals surface area (Å²) in [4.78, 5) is 7.10. The van der Waals surface area contributed by atoms with Gasteiger partial charge in [-0.05, 0) is 57.2 Å². The molecule has 0 radical (unpaired) electrons. The molecular formula is C16H25N3. The molecule has 1 aromatic rings. The van der Waals surface area contributed by atoms with Gasteiger partial charge in [-0.1, -0.05) is 6.07 Å². The summed E-state index contributed by atoms with van der Waals surface area (Å²) >= 11 is 0. The minimum Gasteiger partial charge on any atom is -0.315 e. The van der Waals surface area contributed by atoms with E-state index >= 15 is 0 Å². The van der Waals surface area contributed by atoms with Crippen LogP contribution in [-0.2, 0) is 0 Å². The van der Waals surface area contributed by atoms with Gasteiger partial charge in [0, 0.05) is 37.1 Å². The van der Waals surface area contributed by atoms with E-state index in [4.69, 9.17) is 0 Å². The highest BCUT2D eigenvalue weighted by molar-refractivity contribution is 5.18. The minimum absolute atomic E-state index is 0.735. The molecule has 1 aliphatic carbocycles. The summed E-state index contributed by atoms with van der Waals surface area (Å²) in [5, 5.41) is 3.36. The van der Waals surface area contributed by atoms with Crippen LogP contribution in [0, 0.1) is 6.92 Å². The zero-order valence-corrected chi connectivity index (χ0v) is 12.1. The second kappa shape index (κ2) is 5.59. The van der Waals surface area contributed by atoms with Crippen molar-refractivity contribution in [3.63, 3.8) is 0 Å². The molecule has 104 valence electrons. The highest BCUT2D eigenvalue weighted by Crippen LogP contribution is 2.35. The average molecular weight is 259 g/mol. The molecule has 0 aromatic carbocycles. The van der Waals surface area contributed by atoms with Gasteiger partial charge < -0.3 is 5.32 Å². The lowest BCUT2D eigenvalue weighted by Gasteiger charge is -2.46. The van der Waals surface area contributed by atoms with Crippen molar-refractivity contribution in [1.29, 1.82) is 0 Å². The van der Waals surface area contributed by atoms with E-state index in [0.717, 1.165) is 23.7 Å². The summed E-state index contributed by atoms with van der Waals surface area (Å²) in [6, 6.07) is 5.99. The highest BCUT2D eigenvalue weighted by atomic mass is 15.3. The van der Waals surface area contributed by atoms with Crippen molar-refractivity contribution in [3.8, 4) is 0 Å². The Morgan fingerprint density at radius 1 is 1.16 bits per heavy atom. The van der Waals surface area contributed by atoms with Gasteiger partial charge in [0.15, 0.2) is 0 Å². The molecule has 1 aromatic heterocycles. The molecule has 1 saturated heterocycles. The zero-order valence-electron chi connectivity index (χ0n) is 12.1. The number of likely N-dealkylation sites (N-methyl/N-ethyl adjacent to an activating group) is 1. The van der Waals surface area contributed by atoms with Crippen LogP contribution >= 0.6 is 0 Å². The largest absolute Gasteiger partial charge is 0.315 e. The van der Waals surface area contributed by atoms with Crippen LogP contribution in [-0.4, -0.2) is 42.1 Å². The lowest BCUT2D eigenvalue weighted by Crippen LogP contribution is -2.60. The van der Waals surface area contributed by atoms with E-state index in [0.29, 0.717) is 0 Å². The normalized spacial score (nSPS) is 29.2. The number of nitrogens with one attached hydrogen (secondary N) is 1. The molecule has 1 aliphatic heterocycles. The molecule has 0 bridgehead atoms. The van der Waals surface area contributed by atoms with Crippen LogP contribution in [0.1, 0.15) is 42.9 Å². The van der Waals surface area contributed by atoms with Gasteiger partial charge in [-0.2, -0.15) is 0 Å². The molecule has 3 nitrogen and oxygen atoms in total. The molecular weight excluding hydrogens is 234 g/mol. The third kappa shape index (κ3) is 2.82. The van der Waals surface area contributed by atoms with Gasteiger partial charge in [0.2, 0.25) is 0 Å². The fourth-order valence-electron chi connectivity index (χ4n) is 3.49. The van der Waals surface area contributed by atoms with Crippen molar-refractivity contribution in [3.05, 3.63) is 29.6 Å². The van der Waals surface area contributed by atoms with Crippen molar-refractivity contribution in [2.75, 3.05) is 20.1 Å². The number of likely N-dealkylation sites (tertiary alicyclic amines) is 1. The maximum absolute atomic E-state index is 4.44. The molecule has 0 amide bonds. The Morgan fingerprint density at radius 2 is 1.89 bits per heavy atom. The third-order valence-electron chi connectivity index (χ3n) is 4.94. The standard InChI is InChI=1S/C16H25N3/c1-12-3-4-14(9-18-12)13-5-7-16(8-6-13)19-10-15(11-19)17-2/h3-4,9,13,15-17H,5-8,10-11H2,1-2H3. The molecule has 0 unspecified atom stereocenters. The van der Waals surface area contributed by atoms with Crippen molar-refractivity contribution >= 4 is 0 Å². The number of nitrogens with zero attached hydrogens (tertiary/aromatic N) is 2. The number of aryl methyl sites for hydroxylation is 1. The van der Waals surface area contributed by atoms with Gasteiger partial charge in [0.05, 0.1) is 0 Å². The van der Waals surface area contributed by atoms with Crippen LogP contribution < -0.4 is 5.32 Å². The molecule has 1 N–H and O–H groups in total. The quantitative estimate of drug-likeness (QED) is 0.903. The van der Waals surface area contributed by atoms with E-state index < -0.39 is 0 Å². The third-order valence-corrected chi connectivity index (χ3v) is 4.94. The van der Waals surface area contributed by atoms with Crippen LogP contribution in [0.3, 0.4) is 0 Å². The van der Waals surface area contributed by atoms with E-state index in [-0.39, 0.29) is 0 Å². The molecule has 3 heteroatoms. The second-order valence-corrected chi connectivity index (χ2v) is 6.18. The number of hydrogen-bond donors (Lipinski definition) is 1. The predicted molar refractivity (Wildman–Crippen MR) is 78.4 cm³/mol. The first kappa shape index (κ1) is 13.1. The summed E-state index contributed by atoms with van der Waals surface area (Å²) < 4.78 is 0. The smallest absolute Gasteiger partial charge is 0.0372 e. The molecule has 2 aliphatic rings. The zero-order chi connectivity index (χ0) is 13.2. The van der Waals surface area contributed by atoms with E-state index in [1.807, 2.05) is 0 Å². The lowest BCUT2D eigenvalue weighted by atomic mass is 9.81. The Bertz CT molecular complexity index is 401. The van der Waals surface area contributed by atoms with Crippen molar-refractivity contribution < 1.29 is 0 Å². The van der Waals surface area contributed by atoms with E-state index in [2.05, 4.69) is 47.5 Å². The van der Waals surface area contributed by atoms with Crippen LogP contribution in [0.15, 0.2) is 18.3 Å². The first-order valence-corrected chi connectivity index (χ1v) is 7.60. The van der Waals surface area contributed by atoms with Gasteiger partial charge in [0.25, 0.3) is 0 Å². The summed E-state index contributed by atoms with van der Waals surface area (Å²) in [5.74, 6) is 0.741.